The number of H-pyrrole nitrogens is 1. The minimum atomic E-state index is -4.44. The Kier molecular flexibility index (Phi) is 6.63. The maximum atomic E-state index is 14.1. The van der Waals surface area contributed by atoms with E-state index in [0.717, 1.165) is 41.5 Å². The molecule has 10 nitrogen and oxygen atoms in total. The van der Waals surface area contributed by atoms with Crippen LogP contribution in [0.25, 0.3) is 10.9 Å². The second-order valence-electron chi connectivity index (χ2n) is 9.73. The topological polar surface area (TPSA) is 117 Å². The summed E-state index contributed by atoms with van der Waals surface area (Å²) in [6.45, 7) is 2.66. The lowest BCUT2D eigenvalue weighted by Gasteiger charge is -2.40. The first kappa shape index (κ1) is 25.9. The molecule has 0 aliphatic carbocycles. The minimum Gasteiger partial charge on any atom is -0.489 e. The minimum absolute atomic E-state index is 0.00108. The van der Waals surface area contributed by atoms with Crippen molar-refractivity contribution in [2.24, 2.45) is 0 Å². The number of fused-ring (bicyclic) bond motifs is 2. The highest BCUT2D eigenvalue weighted by atomic mass is 32.2. The highest BCUT2D eigenvalue weighted by Crippen LogP contribution is 2.38. The van der Waals surface area contributed by atoms with Gasteiger partial charge in [0, 0.05) is 43.1 Å². The number of aromatic amines is 1. The summed E-state index contributed by atoms with van der Waals surface area (Å²) in [7, 11) is -4.44. The second-order valence-corrected chi connectivity index (χ2v) is 11.6. The van der Waals surface area contributed by atoms with Gasteiger partial charge < -0.3 is 19.7 Å². The van der Waals surface area contributed by atoms with Gasteiger partial charge in [0.1, 0.15) is 28.8 Å². The van der Waals surface area contributed by atoms with Gasteiger partial charge in [0.2, 0.25) is 21.9 Å². The van der Waals surface area contributed by atoms with Crippen LogP contribution in [0.1, 0.15) is 31.3 Å². The molecule has 3 aliphatic heterocycles. The smallest absolute Gasteiger partial charge is 0.263 e. The van der Waals surface area contributed by atoms with Crippen LogP contribution in [0.2, 0.25) is 0 Å². The average molecular weight is 566 g/mol. The summed E-state index contributed by atoms with van der Waals surface area (Å²) in [4.78, 5) is 14.8. The molecule has 0 radical (unpaired) electrons. The Morgan fingerprint density at radius 3 is 2.62 bits per heavy atom. The number of ether oxygens (including phenoxy) is 2. The van der Waals surface area contributed by atoms with Crippen LogP contribution in [0.4, 0.5) is 24.5 Å². The molecule has 39 heavy (non-hydrogen) atoms. The molecule has 2 saturated heterocycles. The third kappa shape index (κ3) is 4.59. The van der Waals surface area contributed by atoms with Gasteiger partial charge in [0.05, 0.1) is 17.6 Å². The number of nitrogens with one attached hydrogen (secondary N) is 2. The van der Waals surface area contributed by atoms with E-state index in [2.05, 4.69) is 15.3 Å². The molecule has 0 saturated carbocycles. The van der Waals surface area contributed by atoms with Gasteiger partial charge in [0.15, 0.2) is 0 Å². The highest BCUT2D eigenvalue weighted by Gasteiger charge is 2.44. The van der Waals surface area contributed by atoms with Crippen molar-refractivity contribution < 1.29 is 35.9 Å². The van der Waals surface area contributed by atoms with Gasteiger partial charge in [-0.1, -0.05) is 0 Å². The number of sulfonamides is 1. The van der Waals surface area contributed by atoms with Crippen molar-refractivity contribution in [2.75, 3.05) is 43.1 Å². The Labute approximate surface area is 222 Å². The Bertz CT molecular complexity index is 1530. The van der Waals surface area contributed by atoms with Crippen LogP contribution in [-0.4, -0.2) is 73.8 Å². The van der Waals surface area contributed by atoms with Crippen LogP contribution < -0.4 is 15.0 Å². The van der Waals surface area contributed by atoms with E-state index in [0.29, 0.717) is 37.3 Å². The van der Waals surface area contributed by atoms with Gasteiger partial charge in [0.25, 0.3) is 6.43 Å². The molecule has 6 rings (SSSR count). The molecule has 0 unspecified atom stereocenters. The van der Waals surface area contributed by atoms with Crippen LogP contribution in [0, 0.1) is 5.95 Å². The largest absolute Gasteiger partial charge is 0.489 e. The molecule has 208 valence electrons. The van der Waals surface area contributed by atoms with E-state index in [4.69, 9.17) is 9.47 Å². The van der Waals surface area contributed by atoms with Crippen LogP contribution in [0.5, 0.6) is 5.75 Å². The molecule has 1 atom stereocenters. The third-order valence-electron chi connectivity index (χ3n) is 7.47. The number of anilines is 2. The number of carbonyl (C=O) groups is 1. The first-order valence-electron chi connectivity index (χ1n) is 12.6. The lowest BCUT2D eigenvalue weighted by molar-refractivity contribution is -0.122. The molecular formula is C25H26F3N5O5S. The lowest BCUT2D eigenvalue weighted by Crippen LogP contribution is -2.56. The quantitative estimate of drug-likeness (QED) is 0.471. The molecule has 2 aromatic carbocycles. The molecule has 3 aliphatic rings. The number of nitrogens with zero attached hydrogens (tertiary/aromatic N) is 3. The van der Waals surface area contributed by atoms with Crippen molar-refractivity contribution in [3.63, 3.8) is 0 Å². The summed E-state index contributed by atoms with van der Waals surface area (Å²) >= 11 is 0. The fourth-order valence-corrected chi connectivity index (χ4v) is 7.18. The van der Waals surface area contributed by atoms with Crippen molar-refractivity contribution in [1.82, 2.24) is 14.5 Å². The highest BCUT2D eigenvalue weighted by molar-refractivity contribution is 7.89. The number of halogens is 3. The van der Waals surface area contributed by atoms with E-state index in [-0.39, 0.29) is 23.9 Å². The molecule has 3 aromatic rings. The Balaban J connectivity index is 1.22. The summed E-state index contributed by atoms with van der Waals surface area (Å²) in [5.74, 6) is -0.974. The van der Waals surface area contributed by atoms with Crippen molar-refractivity contribution >= 4 is 38.2 Å². The molecule has 0 bridgehead atoms. The molecular weight excluding hydrogens is 539 g/mol. The monoisotopic (exact) mass is 565 g/mol. The predicted molar refractivity (Wildman–Crippen MR) is 135 cm³/mol. The Hall–Kier alpha value is -3.36. The summed E-state index contributed by atoms with van der Waals surface area (Å²) < 4.78 is 80.1. The SMILES string of the molecule is O=C(Nc1ccc2c(c1)OCCN2C1CCOCC1)[C@@H]1CCN1S(=O)(=O)c1cc(C(F)F)cc2c(F)[nH]nc12. The van der Waals surface area contributed by atoms with Crippen LogP contribution in [-0.2, 0) is 19.6 Å². The van der Waals surface area contributed by atoms with E-state index in [1.807, 2.05) is 11.2 Å². The van der Waals surface area contributed by atoms with Crippen molar-refractivity contribution in [3.8, 4) is 5.75 Å². The normalized spacial score (nSPS) is 20.5. The van der Waals surface area contributed by atoms with Crippen LogP contribution in [0.15, 0.2) is 35.2 Å². The number of aromatic nitrogens is 2. The number of benzene rings is 2. The van der Waals surface area contributed by atoms with Crippen LogP contribution in [0.3, 0.4) is 0 Å². The summed E-state index contributed by atoms with van der Waals surface area (Å²) in [5.41, 5.74) is 0.400. The van der Waals surface area contributed by atoms with Gasteiger partial charge >= 0.3 is 0 Å². The van der Waals surface area contributed by atoms with Crippen LogP contribution >= 0.6 is 0 Å². The van der Waals surface area contributed by atoms with Gasteiger partial charge in [-0.05, 0) is 43.5 Å². The summed E-state index contributed by atoms with van der Waals surface area (Å²) in [6.07, 6.45) is -0.957. The molecule has 4 heterocycles. The molecule has 1 amide bonds. The fourth-order valence-electron chi connectivity index (χ4n) is 5.36. The predicted octanol–water partition coefficient (Wildman–Crippen LogP) is 3.42. The molecule has 2 N–H and O–H groups in total. The standard InChI is InChI=1S/C25H26F3N5O5S/c26-23(27)14-11-17-22(30-31-24(17)28)21(12-14)39(35,36)33-6-3-19(33)25(34)29-15-1-2-18-20(13-15)38-10-7-32(18)16-4-8-37-9-5-16/h1-2,11-13,16,19,23H,3-10H2,(H,29,34)(H,30,31)/t19-/m0/s1. The van der Waals surface area contributed by atoms with E-state index in [9.17, 15) is 26.4 Å². The maximum absolute atomic E-state index is 14.1. The zero-order valence-corrected chi connectivity index (χ0v) is 21.5. The zero-order chi connectivity index (χ0) is 27.3. The van der Waals surface area contributed by atoms with E-state index < -0.39 is 44.8 Å². The number of alkyl halides is 2. The van der Waals surface area contributed by atoms with Gasteiger partial charge in [-0.15, -0.1) is 0 Å². The van der Waals surface area contributed by atoms with E-state index >= 15 is 0 Å². The average Bonchev–Trinajstić information content (AvgIpc) is 3.27. The van der Waals surface area contributed by atoms with Crippen molar-refractivity contribution in [3.05, 3.63) is 41.8 Å². The fraction of sp³-hybridized carbons (Fsp3) is 0.440. The van der Waals surface area contributed by atoms with Gasteiger partial charge in [-0.2, -0.15) is 13.8 Å². The Morgan fingerprint density at radius 1 is 1.10 bits per heavy atom. The van der Waals surface area contributed by atoms with Crippen molar-refractivity contribution in [1.29, 1.82) is 0 Å². The summed E-state index contributed by atoms with van der Waals surface area (Å²) in [5, 5.41) is 8.05. The maximum Gasteiger partial charge on any atom is 0.263 e. The first-order chi connectivity index (χ1) is 18.7. The lowest BCUT2D eigenvalue weighted by atomic mass is 10.0. The molecule has 2 fully saturated rings. The molecule has 1 aromatic heterocycles. The zero-order valence-electron chi connectivity index (χ0n) is 20.7. The number of carbonyl (C=O) groups excluding carboxylic acids is 1. The van der Waals surface area contributed by atoms with E-state index in [1.165, 1.54) is 0 Å². The Morgan fingerprint density at radius 2 is 1.90 bits per heavy atom. The molecule has 14 heteroatoms. The third-order valence-corrected chi connectivity index (χ3v) is 9.39. The second kappa shape index (κ2) is 9.99. The van der Waals surface area contributed by atoms with Crippen molar-refractivity contribution in [2.45, 2.75) is 42.7 Å². The summed E-state index contributed by atoms with van der Waals surface area (Å²) in [6, 6.07) is 6.22. The number of hydrogen-bond donors (Lipinski definition) is 2. The van der Waals surface area contributed by atoms with E-state index in [1.54, 1.807) is 12.1 Å². The first-order valence-corrected chi connectivity index (χ1v) is 14.1. The van der Waals surface area contributed by atoms with Gasteiger partial charge in [-0.3, -0.25) is 9.89 Å². The number of rotatable bonds is 6. The molecule has 0 spiro atoms. The number of amides is 1. The van der Waals surface area contributed by atoms with Gasteiger partial charge in [-0.25, -0.2) is 17.2 Å². The number of hydrogen-bond acceptors (Lipinski definition) is 7.